The van der Waals surface area contributed by atoms with Crippen molar-refractivity contribution >= 4 is 5.69 Å². The smallest absolute Gasteiger partial charge is 0.190 e. The molecular formula is C13H9F2N5. The van der Waals surface area contributed by atoms with Crippen molar-refractivity contribution in [1.29, 1.82) is 0 Å². The second-order valence-corrected chi connectivity index (χ2v) is 4.10. The molecule has 1 heterocycles. The first-order chi connectivity index (χ1) is 9.66. The van der Waals surface area contributed by atoms with Crippen molar-refractivity contribution in [1.82, 2.24) is 20.2 Å². The van der Waals surface area contributed by atoms with Crippen LogP contribution in [0.2, 0.25) is 0 Å². The van der Waals surface area contributed by atoms with Crippen molar-refractivity contribution in [3.63, 3.8) is 0 Å². The Bertz CT molecular complexity index is 755. The summed E-state index contributed by atoms with van der Waals surface area (Å²) in [5.41, 5.74) is 6.00. The Morgan fingerprint density at radius 2 is 1.75 bits per heavy atom. The average Bonchev–Trinajstić information content (AvgIpc) is 2.93. The molecule has 1 aromatic heterocycles. The molecule has 7 heteroatoms. The molecule has 0 radical (unpaired) electrons. The number of anilines is 1. The van der Waals surface area contributed by atoms with Crippen LogP contribution < -0.4 is 5.73 Å². The molecule has 2 N–H and O–H groups in total. The number of nitrogen functional groups attached to an aromatic ring is 1. The largest absolute Gasteiger partial charge is 0.396 e. The number of benzene rings is 2. The van der Waals surface area contributed by atoms with Gasteiger partial charge >= 0.3 is 0 Å². The Balaban J connectivity index is 2.18. The van der Waals surface area contributed by atoms with Gasteiger partial charge in [-0.1, -0.05) is 18.2 Å². The lowest BCUT2D eigenvalue weighted by molar-refractivity contribution is 0.587. The van der Waals surface area contributed by atoms with E-state index in [2.05, 4.69) is 15.5 Å². The summed E-state index contributed by atoms with van der Waals surface area (Å²) in [7, 11) is 0. The molecule has 3 aromatic rings. The summed E-state index contributed by atoms with van der Waals surface area (Å²) in [6.45, 7) is 0. The fourth-order valence-corrected chi connectivity index (χ4v) is 1.84. The SMILES string of the molecule is Nc1cc(-c2nnnn2-c2ccccc2)c(F)cc1F. The summed E-state index contributed by atoms with van der Waals surface area (Å²) in [5, 5.41) is 11.1. The third-order valence-electron chi connectivity index (χ3n) is 2.80. The van der Waals surface area contributed by atoms with Gasteiger partial charge in [-0.05, 0) is 28.6 Å². The standard InChI is InChI=1S/C13H9F2N5/c14-10-7-11(15)12(16)6-9(10)13-17-18-19-20(13)8-4-2-1-3-5-8/h1-7H,16H2. The summed E-state index contributed by atoms with van der Waals surface area (Å²) >= 11 is 0. The molecular weight excluding hydrogens is 264 g/mol. The van der Waals surface area contributed by atoms with Gasteiger partial charge in [0.2, 0.25) is 0 Å². The van der Waals surface area contributed by atoms with Crippen molar-refractivity contribution in [2.24, 2.45) is 0 Å². The molecule has 0 amide bonds. The first-order valence-corrected chi connectivity index (χ1v) is 5.75. The number of para-hydroxylation sites is 1. The van der Waals surface area contributed by atoms with Crippen LogP contribution in [0.15, 0.2) is 42.5 Å². The minimum absolute atomic E-state index is 0.0396. The van der Waals surface area contributed by atoms with E-state index in [4.69, 9.17) is 5.73 Å². The summed E-state index contributed by atoms with van der Waals surface area (Å²) in [6, 6.07) is 10.9. The van der Waals surface area contributed by atoms with E-state index in [1.807, 2.05) is 6.07 Å². The fourth-order valence-electron chi connectivity index (χ4n) is 1.84. The van der Waals surface area contributed by atoms with Crippen LogP contribution in [0.3, 0.4) is 0 Å². The van der Waals surface area contributed by atoms with Crippen molar-refractivity contribution in [2.45, 2.75) is 0 Å². The van der Waals surface area contributed by atoms with Gasteiger partial charge in [-0.25, -0.2) is 8.78 Å². The second-order valence-electron chi connectivity index (χ2n) is 4.10. The van der Waals surface area contributed by atoms with E-state index in [9.17, 15) is 8.78 Å². The van der Waals surface area contributed by atoms with Gasteiger partial charge in [0.1, 0.15) is 11.6 Å². The maximum absolute atomic E-state index is 13.9. The Morgan fingerprint density at radius 3 is 2.50 bits per heavy atom. The molecule has 2 aromatic carbocycles. The molecule has 5 nitrogen and oxygen atoms in total. The molecule has 0 saturated heterocycles. The highest BCUT2D eigenvalue weighted by molar-refractivity contribution is 5.63. The van der Waals surface area contributed by atoms with Crippen molar-refractivity contribution in [2.75, 3.05) is 5.73 Å². The summed E-state index contributed by atoms with van der Waals surface area (Å²) in [5.74, 6) is -1.44. The number of aromatic nitrogens is 4. The Labute approximate surface area is 112 Å². The minimum Gasteiger partial charge on any atom is -0.396 e. The van der Waals surface area contributed by atoms with E-state index in [0.717, 1.165) is 0 Å². The van der Waals surface area contributed by atoms with Gasteiger partial charge in [0, 0.05) is 6.07 Å². The number of tetrazole rings is 1. The van der Waals surface area contributed by atoms with Crippen molar-refractivity contribution in [3.8, 4) is 17.1 Å². The topological polar surface area (TPSA) is 69.6 Å². The highest BCUT2D eigenvalue weighted by Gasteiger charge is 2.17. The minimum atomic E-state index is -0.815. The molecule has 0 aliphatic heterocycles. The van der Waals surface area contributed by atoms with E-state index in [1.54, 1.807) is 24.3 Å². The van der Waals surface area contributed by atoms with Gasteiger partial charge in [0.15, 0.2) is 5.82 Å². The summed E-state index contributed by atoms with van der Waals surface area (Å²) < 4.78 is 28.4. The van der Waals surface area contributed by atoms with E-state index in [-0.39, 0.29) is 17.1 Å². The number of hydrogen-bond donors (Lipinski definition) is 1. The molecule has 0 bridgehead atoms. The molecule has 100 valence electrons. The lowest BCUT2D eigenvalue weighted by atomic mass is 10.1. The lowest BCUT2D eigenvalue weighted by Gasteiger charge is -2.06. The number of nitrogens with two attached hydrogens (primary N) is 1. The van der Waals surface area contributed by atoms with Crippen LogP contribution in [-0.4, -0.2) is 20.2 Å². The maximum Gasteiger partial charge on any atom is 0.190 e. The zero-order valence-corrected chi connectivity index (χ0v) is 10.2. The highest BCUT2D eigenvalue weighted by Crippen LogP contribution is 2.26. The van der Waals surface area contributed by atoms with E-state index in [1.165, 1.54) is 10.7 Å². The molecule has 0 fully saturated rings. The van der Waals surface area contributed by atoms with Crippen LogP contribution in [0.4, 0.5) is 14.5 Å². The molecule has 0 spiro atoms. The third-order valence-corrected chi connectivity index (χ3v) is 2.80. The third kappa shape index (κ3) is 1.99. The molecule has 0 saturated carbocycles. The van der Waals surface area contributed by atoms with Crippen molar-refractivity contribution < 1.29 is 8.78 Å². The molecule has 0 aliphatic carbocycles. The van der Waals surface area contributed by atoms with Gasteiger partial charge in [-0.2, -0.15) is 4.68 Å². The number of rotatable bonds is 2. The highest BCUT2D eigenvalue weighted by atomic mass is 19.1. The second kappa shape index (κ2) is 4.69. The molecule has 3 rings (SSSR count). The van der Waals surface area contributed by atoms with Crippen LogP contribution in [0.25, 0.3) is 17.1 Å². The summed E-state index contributed by atoms with van der Waals surface area (Å²) in [4.78, 5) is 0. The van der Waals surface area contributed by atoms with Crippen LogP contribution in [0.5, 0.6) is 0 Å². The summed E-state index contributed by atoms with van der Waals surface area (Å²) in [6.07, 6.45) is 0. The average molecular weight is 273 g/mol. The van der Waals surface area contributed by atoms with E-state index in [0.29, 0.717) is 11.8 Å². The van der Waals surface area contributed by atoms with E-state index < -0.39 is 11.6 Å². The maximum atomic E-state index is 13.9. The zero-order valence-electron chi connectivity index (χ0n) is 10.2. The monoisotopic (exact) mass is 273 g/mol. The number of halogens is 2. The number of hydrogen-bond acceptors (Lipinski definition) is 4. The predicted octanol–water partition coefficient (Wildman–Crippen LogP) is 2.19. The Kier molecular flexibility index (Phi) is 2.86. The van der Waals surface area contributed by atoms with Gasteiger partial charge in [-0.3, -0.25) is 0 Å². The normalized spacial score (nSPS) is 10.7. The van der Waals surface area contributed by atoms with Crippen LogP contribution >= 0.6 is 0 Å². The molecule has 0 unspecified atom stereocenters. The van der Waals surface area contributed by atoms with Crippen molar-refractivity contribution in [3.05, 3.63) is 54.1 Å². The van der Waals surface area contributed by atoms with Gasteiger partial charge < -0.3 is 5.73 Å². The fraction of sp³-hybridized carbons (Fsp3) is 0. The van der Waals surface area contributed by atoms with Gasteiger partial charge in [-0.15, -0.1) is 5.10 Å². The molecule has 20 heavy (non-hydrogen) atoms. The van der Waals surface area contributed by atoms with Crippen LogP contribution in [0, 0.1) is 11.6 Å². The first kappa shape index (κ1) is 12.2. The van der Waals surface area contributed by atoms with Crippen LogP contribution in [0.1, 0.15) is 0 Å². The number of nitrogens with zero attached hydrogens (tertiary/aromatic N) is 4. The van der Waals surface area contributed by atoms with Gasteiger partial charge in [0.05, 0.1) is 16.9 Å². The Hall–Kier alpha value is -2.83. The quantitative estimate of drug-likeness (QED) is 0.727. The lowest BCUT2D eigenvalue weighted by Crippen LogP contribution is -2.02. The molecule has 0 aliphatic rings. The van der Waals surface area contributed by atoms with Gasteiger partial charge in [0.25, 0.3) is 0 Å². The zero-order chi connectivity index (χ0) is 14.1. The van der Waals surface area contributed by atoms with E-state index >= 15 is 0 Å². The Morgan fingerprint density at radius 1 is 1.00 bits per heavy atom. The molecule has 0 atom stereocenters. The first-order valence-electron chi connectivity index (χ1n) is 5.75. The predicted molar refractivity (Wildman–Crippen MR) is 68.9 cm³/mol. The van der Waals surface area contributed by atoms with Crippen LogP contribution in [-0.2, 0) is 0 Å².